The van der Waals surface area contributed by atoms with Crippen molar-refractivity contribution < 1.29 is 22.3 Å². The largest absolute Gasteiger partial charge is 0.461 e. The van der Waals surface area contributed by atoms with Crippen LogP contribution in [0.3, 0.4) is 0 Å². The number of halogens is 5. The van der Waals surface area contributed by atoms with Crippen LogP contribution in [-0.2, 0) is 0 Å². The Morgan fingerprint density at radius 2 is 1.81 bits per heavy atom. The van der Waals surface area contributed by atoms with Crippen molar-refractivity contribution in [3.8, 4) is 17.0 Å². The van der Waals surface area contributed by atoms with Crippen molar-refractivity contribution in [3.05, 3.63) is 65.8 Å². The van der Waals surface area contributed by atoms with Crippen molar-refractivity contribution in [1.82, 2.24) is 9.97 Å². The highest BCUT2D eigenvalue weighted by Gasteiger charge is 2.43. The molecule has 0 aliphatic heterocycles. The highest BCUT2D eigenvalue weighted by molar-refractivity contribution is 6.30. The zero-order chi connectivity index (χ0) is 19.4. The second-order valence-electron chi connectivity index (χ2n) is 5.39. The fourth-order valence-electron chi connectivity index (χ4n) is 2.20. The van der Waals surface area contributed by atoms with Crippen LogP contribution >= 0.6 is 11.6 Å². The third-order valence-electron chi connectivity index (χ3n) is 3.37. The van der Waals surface area contributed by atoms with Crippen molar-refractivity contribution in [2.75, 3.05) is 5.32 Å². The summed E-state index contributed by atoms with van der Waals surface area (Å²) in [6.07, 6.45) is -7.01. The molecule has 0 radical (unpaired) electrons. The molecule has 0 bridgehead atoms. The SMILES string of the molecule is FC(F)C(F)(F)Oc1cccc(Nc2nccc(-c3cccc(Cl)c3)n2)c1. The lowest BCUT2D eigenvalue weighted by molar-refractivity contribution is -0.253. The number of anilines is 2. The van der Waals surface area contributed by atoms with Gasteiger partial charge >= 0.3 is 12.5 Å². The third kappa shape index (κ3) is 4.85. The molecule has 2 aromatic carbocycles. The van der Waals surface area contributed by atoms with E-state index < -0.39 is 18.3 Å². The maximum Gasteiger partial charge on any atom is 0.461 e. The summed E-state index contributed by atoms with van der Waals surface area (Å²) in [5, 5.41) is 3.36. The fourth-order valence-corrected chi connectivity index (χ4v) is 2.39. The molecule has 0 aliphatic rings. The van der Waals surface area contributed by atoms with Crippen LogP contribution in [0.25, 0.3) is 11.3 Å². The Morgan fingerprint density at radius 1 is 1.04 bits per heavy atom. The quantitative estimate of drug-likeness (QED) is 0.536. The number of hydrogen-bond donors (Lipinski definition) is 1. The molecule has 0 amide bonds. The Balaban J connectivity index is 1.80. The van der Waals surface area contributed by atoms with Gasteiger partial charge in [0.1, 0.15) is 5.75 Å². The number of aromatic nitrogens is 2. The first-order chi connectivity index (χ1) is 12.8. The van der Waals surface area contributed by atoms with Crippen molar-refractivity contribution in [2.45, 2.75) is 12.5 Å². The molecule has 0 saturated heterocycles. The number of alkyl halides is 4. The number of hydrogen-bond acceptors (Lipinski definition) is 4. The van der Waals surface area contributed by atoms with E-state index in [1.807, 2.05) is 6.07 Å². The topological polar surface area (TPSA) is 47.0 Å². The molecule has 27 heavy (non-hydrogen) atoms. The van der Waals surface area contributed by atoms with E-state index in [-0.39, 0.29) is 5.95 Å². The van der Waals surface area contributed by atoms with E-state index in [4.69, 9.17) is 11.6 Å². The highest BCUT2D eigenvalue weighted by Crippen LogP contribution is 2.29. The van der Waals surface area contributed by atoms with Crippen LogP contribution in [0.5, 0.6) is 5.75 Å². The summed E-state index contributed by atoms with van der Waals surface area (Å²) < 4.78 is 54.7. The van der Waals surface area contributed by atoms with Gasteiger partial charge in [-0.25, -0.2) is 9.97 Å². The van der Waals surface area contributed by atoms with Gasteiger partial charge in [-0.3, -0.25) is 0 Å². The normalized spacial score (nSPS) is 11.5. The summed E-state index contributed by atoms with van der Waals surface area (Å²) in [6.45, 7) is 0. The number of nitrogens with zero attached hydrogens (tertiary/aromatic N) is 2. The Morgan fingerprint density at radius 3 is 2.56 bits per heavy atom. The van der Waals surface area contributed by atoms with E-state index in [1.165, 1.54) is 18.3 Å². The van der Waals surface area contributed by atoms with Gasteiger partial charge in [0.15, 0.2) is 0 Å². The predicted molar refractivity (Wildman–Crippen MR) is 93.8 cm³/mol. The van der Waals surface area contributed by atoms with Gasteiger partial charge in [0, 0.05) is 28.5 Å². The van der Waals surface area contributed by atoms with Gasteiger partial charge in [-0.05, 0) is 30.3 Å². The summed E-state index contributed by atoms with van der Waals surface area (Å²) in [7, 11) is 0. The smallest absolute Gasteiger partial charge is 0.428 e. The van der Waals surface area contributed by atoms with Crippen molar-refractivity contribution in [3.63, 3.8) is 0 Å². The molecule has 0 saturated carbocycles. The molecule has 1 N–H and O–H groups in total. The van der Waals surface area contributed by atoms with E-state index in [1.54, 1.807) is 24.3 Å². The molecular weight excluding hydrogens is 386 g/mol. The minimum absolute atomic E-state index is 0.185. The van der Waals surface area contributed by atoms with Gasteiger partial charge in [-0.2, -0.15) is 17.6 Å². The molecule has 3 rings (SSSR count). The summed E-state index contributed by atoms with van der Waals surface area (Å²) >= 11 is 5.97. The third-order valence-corrected chi connectivity index (χ3v) is 3.61. The van der Waals surface area contributed by atoms with Crippen LogP contribution in [0.2, 0.25) is 5.02 Å². The lowest BCUT2D eigenvalue weighted by Gasteiger charge is -2.17. The van der Waals surface area contributed by atoms with Gasteiger partial charge in [-0.1, -0.05) is 29.8 Å². The minimum atomic E-state index is -4.58. The van der Waals surface area contributed by atoms with Crippen molar-refractivity contribution in [2.24, 2.45) is 0 Å². The molecule has 4 nitrogen and oxygen atoms in total. The number of rotatable bonds is 6. The van der Waals surface area contributed by atoms with Crippen LogP contribution in [0.15, 0.2) is 60.8 Å². The zero-order valence-electron chi connectivity index (χ0n) is 13.5. The monoisotopic (exact) mass is 397 g/mol. The van der Waals surface area contributed by atoms with Crippen LogP contribution in [-0.4, -0.2) is 22.5 Å². The summed E-state index contributed by atoms with van der Waals surface area (Å²) in [6, 6.07) is 13.9. The van der Waals surface area contributed by atoms with Crippen LogP contribution < -0.4 is 10.1 Å². The molecule has 0 aliphatic carbocycles. The van der Waals surface area contributed by atoms with Gasteiger partial charge < -0.3 is 10.1 Å². The van der Waals surface area contributed by atoms with Crippen molar-refractivity contribution in [1.29, 1.82) is 0 Å². The fraction of sp³-hybridized carbons (Fsp3) is 0.111. The van der Waals surface area contributed by atoms with E-state index in [0.29, 0.717) is 16.4 Å². The highest BCUT2D eigenvalue weighted by atomic mass is 35.5. The van der Waals surface area contributed by atoms with Gasteiger partial charge in [0.2, 0.25) is 5.95 Å². The van der Waals surface area contributed by atoms with Crippen LogP contribution in [0, 0.1) is 0 Å². The predicted octanol–water partition coefficient (Wildman–Crippen LogP) is 5.78. The van der Waals surface area contributed by atoms with Gasteiger partial charge in [0.25, 0.3) is 0 Å². The lowest BCUT2D eigenvalue weighted by atomic mass is 10.1. The van der Waals surface area contributed by atoms with E-state index in [2.05, 4.69) is 20.0 Å². The van der Waals surface area contributed by atoms with E-state index in [9.17, 15) is 17.6 Å². The maximum atomic E-state index is 13.0. The van der Waals surface area contributed by atoms with Gasteiger partial charge in [-0.15, -0.1) is 0 Å². The Labute approximate surface area is 156 Å². The second kappa shape index (κ2) is 7.79. The zero-order valence-corrected chi connectivity index (χ0v) is 14.3. The first-order valence-corrected chi connectivity index (χ1v) is 8.02. The molecule has 0 fully saturated rings. The molecule has 1 heterocycles. The summed E-state index contributed by atoms with van der Waals surface area (Å²) in [5.74, 6) is -0.235. The van der Waals surface area contributed by atoms with E-state index in [0.717, 1.165) is 17.7 Å². The lowest BCUT2D eigenvalue weighted by Crippen LogP contribution is -2.33. The average molecular weight is 398 g/mol. The van der Waals surface area contributed by atoms with E-state index >= 15 is 0 Å². The Kier molecular flexibility index (Phi) is 5.46. The molecule has 140 valence electrons. The Hall–Kier alpha value is -2.87. The molecule has 1 aromatic heterocycles. The van der Waals surface area contributed by atoms with Gasteiger partial charge in [0.05, 0.1) is 5.69 Å². The summed E-state index contributed by atoms with van der Waals surface area (Å²) in [5.41, 5.74) is 1.65. The molecule has 0 spiro atoms. The molecule has 0 atom stereocenters. The molecule has 0 unspecified atom stereocenters. The maximum absolute atomic E-state index is 13.0. The van der Waals surface area contributed by atoms with Crippen LogP contribution in [0.4, 0.5) is 29.2 Å². The molecule has 3 aromatic rings. The number of nitrogens with one attached hydrogen (secondary N) is 1. The first-order valence-electron chi connectivity index (χ1n) is 7.64. The first kappa shape index (κ1) is 18.9. The molecule has 9 heteroatoms. The van der Waals surface area contributed by atoms with Crippen molar-refractivity contribution >= 4 is 23.2 Å². The standard InChI is InChI=1S/C18H12ClF4N3O/c19-12-4-1-3-11(9-12)15-7-8-24-17(26-15)25-13-5-2-6-14(10-13)27-18(22,23)16(20)21/h1-10,16H,(H,24,25,26). The average Bonchev–Trinajstić information content (AvgIpc) is 2.62. The number of benzene rings is 2. The minimum Gasteiger partial charge on any atom is -0.428 e. The number of ether oxygens (including phenoxy) is 1. The Bertz CT molecular complexity index is 940. The van der Waals surface area contributed by atoms with Crippen LogP contribution in [0.1, 0.15) is 0 Å². The second-order valence-corrected chi connectivity index (χ2v) is 5.83. The summed E-state index contributed by atoms with van der Waals surface area (Å²) in [4.78, 5) is 8.37. The molecular formula is C18H12ClF4N3O.